The van der Waals surface area contributed by atoms with Crippen LogP contribution >= 0.6 is 0 Å². The van der Waals surface area contributed by atoms with Gasteiger partial charge in [-0.25, -0.2) is 9.45 Å². The van der Waals surface area contributed by atoms with Crippen LogP contribution in [0.3, 0.4) is 0 Å². The molecule has 0 bridgehead atoms. The molecule has 0 aliphatic carbocycles. The molecular weight excluding hydrogens is 363 g/mol. The van der Waals surface area contributed by atoms with Gasteiger partial charge in [-0.2, -0.15) is 0 Å². The Kier molecular flexibility index (Phi) is 4.44. The molecule has 0 radical (unpaired) electrons. The molecule has 0 spiro atoms. The molecule has 0 fully saturated rings. The Morgan fingerprint density at radius 1 is 1.21 bits per heavy atom. The van der Waals surface area contributed by atoms with E-state index < -0.39 is 5.82 Å². The third-order valence-corrected chi connectivity index (χ3v) is 4.72. The number of carbonyl (C=O) groups is 2. The van der Waals surface area contributed by atoms with Gasteiger partial charge in [0.05, 0.1) is 18.4 Å². The van der Waals surface area contributed by atoms with Crippen LogP contribution in [0.25, 0.3) is 11.1 Å². The third kappa shape index (κ3) is 3.05. The minimum absolute atomic E-state index is 0.250. The molecule has 0 saturated heterocycles. The number of anilines is 1. The maximum Gasteiger partial charge on any atom is 0.277 e. The number of fused-ring (bicyclic) bond motifs is 1. The van der Waals surface area contributed by atoms with Crippen LogP contribution in [0.15, 0.2) is 54.3 Å². The van der Waals surface area contributed by atoms with E-state index in [-0.39, 0.29) is 11.8 Å². The van der Waals surface area contributed by atoms with Crippen molar-refractivity contribution in [1.82, 2.24) is 5.06 Å². The van der Waals surface area contributed by atoms with Crippen molar-refractivity contribution in [1.29, 1.82) is 0 Å². The molecule has 4 rings (SSSR count). The summed E-state index contributed by atoms with van der Waals surface area (Å²) in [5.74, 6) is -0.545. The first-order valence-electron chi connectivity index (χ1n) is 8.59. The summed E-state index contributed by atoms with van der Waals surface area (Å²) in [5, 5.41) is 3.80. The van der Waals surface area contributed by atoms with Crippen LogP contribution in [0, 0.1) is 5.82 Å². The van der Waals surface area contributed by atoms with Crippen molar-refractivity contribution in [3.63, 3.8) is 0 Å². The number of nitrogens with one attached hydrogen (secondary N) is 1. The summed E-state index contributed by atoms with van der Waals surface area (Å²) < 4.78 is 19.1. The van der Waals surface area contributed by atoms with E-state index in [1.165, 1.54) is 19.2 Å². The quantitative estimate of drug-likeness (QED) is 0.656. The zero-order valence-corrected chi connectivity index (χ0v) is 15.3. The predicted octanol–water partition coefficient (Wildman–Crippen LogP) is 3.24. The highest BCUT2D eigenvalue weighted by molar-refractivity contribution is 6.32. The molecule has 2 aromatic rings. The first-order valence-corrected chi connectivity index (χ1v) is 8.59. The lowest BCUT2D eigenvalue weighted by molar-refractivity contribution is -0.110. The largest absolute Gasteiger partial charge is 0.488 e. The summed E-state index contributed by atoms with van der Waals surface area (Å²) in [5.41, 5.74) is 3.69. The molecular formula is C21H17FN2O4. The minimum Gasteiger partial charge on any atom is -0.488 e. The van der Waals surface area contributed by atoms with Gasteiger partial charge in [-0.1, -0.05) is 12.1 Å². The lowest BCUT2D eigenvalue weighted by Gasteiger charge is -2.13. The van der Waals surface area contributed by atoms with Crippen molar-refractivity contribution in [3.05, 3.63) is 76.8 Å². The second-order valence-corrected chi connectivity index (χ2v) is 6.40. The Morgan fingerprint density at radius 3 is 2.68 bits per heavy atom. The topological polar surface area (TPSA) is 67.9 Å². The number of nitrogens with zero attached hydrogens (tertiary/aromatic N) is 1. The van der Waals surface area contributed by atoms with Gasteiger partial charge in [0.15, 0.2) is 0 Å². The van der Waals surface area contributed by atoms with Crippen LogP contribution in [0.1, 0.15) is 21.5 Å². The Balaban J connectivity index is 1.64. The second-order valence-electron chi connectivity index (χ2n) is 6.40. The molecule has 0 atom stereocenters. The Labute approximate surface area is 160 Å². The number of rotatable bonds is 3. The molecule has 0 saturated carbocycles. The van der Waals surface area contributed by atoms with Gasteiger partial charge in [0, 0.05) is 23.7 Å². The summed E-state index contributed by atoms with van der Waals surface area (Å²) >= 11 is 0. The summed E-state index contributed by atoms with van der Waals surface area (Å²) in [6, 6.07) is 11.2. The molecule has 6 nitrogen and oxygen atoms in total. The Bertz CT molecular complexity index is 1040. The van der Waals surface area contributed by atoms with Gasteiger partial charge in [0.2, 0.25) is 0 Å². The summed E-state index contributed by atoms with van der Waals surface area (Å²) in [6.45, 7) is 0.300. The van der Waals surface area contributed by atoms with Crippen LogP contribution in [-0.2, 0) is 14.4 Å². The Morgan fingerprint density at radius 2 is 1.96 bits per heavy atom. The van der Waals surface area contributed by atoms with Crippen LogP contribution in [0.4, 0.5) is 10.1 Å². The van der Waals surface area contributed by atoms with Crippen molar-refractivity contribution in [3.8, 4) is 0 Å². The fourth-order valence-electron chi connectivity index (χ4n) is 3.19. The minimum atomic E-state index is -0.414. The number of halogens is 1. The lowest BCUT2D eigenvalue weighted by Crippen LogP contribution is -2.25. The van der Waals surface area contributed by atoms with Crippen molar-refractivity contribution >= 4 is 28.6 Å². The van der Waals surface area contributed by atoms with Gasteiger partial charge in [0.1, 0.15) is 18.2 Å². The molecule has 2 aliphatic heterocycles. The van der Waals surface area contributed by atoms with Crippen LogP contribution in [0.5, 0.6) is 0 Å². The molecule has 142 valence electrons. The van der Waals surface area contributed by atoms with Crippen molar-refractivity contribution in [2.75, 3.05) is 26.1 Å². The zero-order valence-electron chi connectivity index (χ0n) is 15.3. The first-order chi connectivity index (χ1) is 13.5. The fourth-order valence-corrected chi connectivity index (χ4v) is 3.19. The van der Waals surface area contributed by atoms with Crippen LogP contribution in [0.2, 0.25) is 0 Å². The fraction of sp³-hybridized carbons (Fsp3) is 0.143. The number of allylic oxidation sites excluding steroid dienone is 1. The third-order valence-electron chi connectivity index (χ3n) is 4.72. The van der Waals surface area contributed by atoms with Gasteiger partial charge in [-0.3, -0.25) is 14.4 Å². The summed E-state index contributed by atoms with van der Waals surface area (Å²) in [6.07, 6.45) is 1.80. The smallest absolute Gasteiger partial charge is 0.277 e. The van der Waals surface area contributed by atoms with E-state index >= 15 is 0 Å². The molecule has 7 heteroatoms. The number of hydrogen-bond donors (Lipinski definition) is 1. The number of carbonyl (C=O) groups excluding carboxylic acids is 2. The van der Waals surface area contributed by atoms with Crippen LogP contribution < -0.4 is 5.32 Å². The molecule has 0 aromatic heterocycles. The van der Waals surface area contributed by atoms with Gasteiger partial charge < -0.3 is 10.1 Å². The number of amides is 2. The van der Waals surface area contributed by atoms with Gasteiger partial charge >= 0.3 is 0 Å². The zero-order chi connectivity index (χ0) is 19.8. The van der Waals surface area contributed by atoms with E-state index in [0.29, 0.717) is 34.8 Å². The Hall–Kier alpha value is -3.45. The normalized spacial score (nSPS) is 17.7. The first kappa shape index (κ1) is 17.9. The molecule has 28 heavy (non-hydrogen) atoms. The standard InChI is InChI=1S/C21H17FN2O4/c1-24(27-2)21(26)13-5-3-12(4-6-13)14-9-18(28-11-14)19-16-8-7-15(22)10-17(16)23-20(19)25/h3-10H,11H2,1-2H3,(H,23,25)/b19-18+. The summed E-state index contributed by atoms with van der Waals surface area (Å²) in [7, 11) is 2.96. The van der Waals surface area contributed by atoms with E-state index in [1.54, 1.807) is 31.3 Å². The van der Waals surface area contributed by atoms with Gasteiger partial charge in [-0.05, 0) is 42.0 Å². The van der Waals surface area contributed by atoms with Crippen molar-refractivity contribution in [2.45, 2.75) is 0 Å². The monoisotopic (exact) mass is 380 g/mol. The van der Waals surface area contributed by atoms with Gasteiger partial charge in [0.25, 0.3) is 11.8 Å². The van der Waals surface area contributed by atoms with Gasteiger partial charge in [-0.15, -0.1) is 0 Å². The molecule has 2 aliphatic rings. The van der Waals surface area contributed by atoms with Crippen molar-refractivity contribution in [2.24, 2.45) is 0 Å². The highest BCUT2D eigenvalue weighted by atomic mass is 19.1. The average Bonchev–Trinajstić information content (AvgIpc) is 3.30. The number of ether oxygens (including phenoxy) is 1. The highest BCUT2D eigenvalue weighted by Crippen LogP contribution is 2.38. The van der Waals surface area contributed by atoms with E-state index in [1.807, 2.05) is 12.1 Å². The molecule has 0 unspecified atom stereocenters. The lowest BCUT2D eigenvalue weighted by atomic mass is 10.0. The number of hydroxylamine groups is 2. The summed E-state index contributed by atoms with van der Waals surface area (Å²) in [4.78, 5) is 29.3. The molecule has 1 N–H and O–H groups in total. The van der Waals surface area contributed by atoms with Crippen molar-refractivity contribution < 1.29 is 23.6 Å². The average molecular weight is 380 g/mol. The van der Waals surface area contributed by atoms with E-state index in [2.05, 4.69) is 5.32 Å². The van der Waals surface area contributed by atoms with E-state index in [4.69, 9.17) is 9.57 Å². The molecule has 2 amide bonds. The molecule has 2 aromatic carbocycles. The van der Waals surface area contributed by atoms with E-state index in [9.17, 15) is 14.0 Å². The highest BCUT2D eigenvalue weighted by Gasteiger charge is 2.30. The maximum absolute atomic E-state index is 13.4. The second kappa shape index (κ2) is 6.94. The molecule has 2 heterocycles. The number of hydrogen-bond acceptors (Lipinski definition) is 4. The maximum atomic E-state index is 13.4. The van der Waals surface area contributed by atoms with E-state index in [0.717, 1.165) is 16.2 Å². The predicted molar refractivity (Wildman–Crippen MR) is 101 cm³/mol. The number of benzene rings is 2. The SMILES string of the molecule is CON(C)C(=O)c1ccc(C2=C/C(=C3\C(=O)Nc4cc(F)ccc43)OC2)cc1. The van der Waals surface area contributed by atoms with Crippen LogP contribution in [-0.4, -0.2) is 37.6 Å².